The highest BCUT2D eigenvalue weighted by molar-refractivity contribution is 6.30. The van der Waals surface area contributed by atoms with Gasteiger partial charge in [-0.25, -0.2) is 0 Å². The van der Waals surface area contributed by atoms with Gasteiger partial charge in [-0.1, -0.05) is 24.6 Å². The van der Waals surface area contributed by atoms with E-state index in [4.69, 9.17) is 20.8 Å². The van der Waals surface area contributed by atoms with Crippen LogP contribution in [-0.4, -0.2) is 18.6 Å². The molecule has 140 valence electrons. The number of benzene rings is 2. The molecule has 27 heavy (non-hydrogen) atoms. The van der Waals surface area contributed by atoms with Gasteiger partial charge in [-0.3, -0.25) is 9.59 Å². The van der Waals surface area contributed by atoms with Crippen LogP contribution in [0.2, 0.25) is 5.02 Å². The second-order valence-corrected chi connectivity index (χ2v) is 6.69. The second-order valence-electron chi connectivity index (χ2n) is 6.25. The number of hydrogen-bond donors (Lipinski definition) is 1. The molecule has 0 aliphatic rings. The van der Waals surface area contributed by atoms with Gasteiger partial charge in [-0.15, -0.1) is 0 Å². The van der Waals surface area contributed by atoms with E-state index >= 15 is 0 Å². The van der Waals surface area contributed by atoms with Crippen LogP contribution in [0, 0.1) is 0 Å². The van der Waals surface area contributed by atoms with Crippen LogP contribution in [0.25, 0.3) is 11.0 Å². The topological polar surface area (TPSA) is 68.5 Å². The van der Waals surface area contributed by atoms with Crippen molar-refractivity contribution in [3.63, 3.8) is 0 Å². The van der Waals surface area contributed by atoms with E-state index in [1.807, 2.05) is 19.9 Å². The predicted molar refractivity (Wildman–Crippen MR) is 106 cm³/mol. The lowest BCUT2D eigenvalue weighted by molar-refractivity contribution is 0.0905. The van der Waals surface area contributed by atoms with E-state index in [0.717, 1.165) is 12.0 Å². The van der Waals surface area contributed by atoms with E-state index in [-0.39, 0.29) is 23.8 Å². The molecule has 0 spiro atoms. The minimum atomic E-state index is -0.458. The molecule has 1 aromatic heterocycles. The highest BCUT2D eigenvalue weighted by Gasteiger charge is 2.14. The van der Waals surface area contributed by atoms with Crippen molar-refractivity contribution in [3.05, 3.63) is 75.1 Å². The van der Waals surface area contributed by atoms with E-state index < -0.39 is 5.91 Å². The number of amides is 1. The Kier molecular flexibility index (Phi) is 5.81. The minimum absolute atomic E-state index is 0.0181. The van der Waals surface area contributed by atoms with Crippen LogP contribution in [-0.2, 0) is 6.42 Å². The van der Waals surface area contributed by atoms with E-state index in [0.29, 0.717) is 21.7 Å². The Morgan fingerprint density at radius 1 is 1.19 bits per heavy atom. The smallest absolute Gasteiger partial charge is 0.287 e. The molecule has 1 N–H and O–H groups in total. The number of aryl methyl sites for hydroxylation is 1. The van der Waals surface area contributed by atoms with Gasteiger partial charge in [-0.2, -0.15) is 0 Å². The summed E-state index contributed by atoms with van der Waals surface area (Å²) in [5.41, 5.74) is 1.21. The van der Waals surface area contributed by atoms with Crippen LogP contribution in [0.3, 0.4) is 0 Å². The maximum Gasteiger partial charge on any atom is 0.287 e. The number of carbonyl (C=O) groups excluding carboxylic acids is 1. The molecule has 3 aromatic rings. The largest absolute Gasteiger partial charge is 0.489 e. The van der Waals surface area contributed by atoms with Crippen molar-refractivity contribution in [2.75, 3.05) is 6.54 Å². The van der Waals surface area contributed by atoms with Crippen LogP contribution < -0.4 is 15.5 Å². The summed E-state index contributed by atoms with van der Waals surface area (Å²) in [4.78, 5) is 24.7. The van der Waals surface area contributed by atoms with Crippen molar-refractivity contribution in [2.24, 2.45) is 0 Å². The molecule has 0 fully saturated rings. The number of nitrogens with one attached hydrogen (secondary N) is 1. The molecule has 1 atom stereocenters. The summed E-state index contributed by atoms with van der Waals surface area (Å²) in [6.45, 7) is 4.10. The Morgan fingerprint density at radius 3 is 2.63 bits per heavy atom. The zero-order valence-electron chi connectivity index (χ0n) is 15.1. The van der Waals surface area contributed by atoms with Gasteiger partial charge in [0.05, 0.1) is 11.9 Å². The Morgan fingerprint density at radius 2 is 1.93 bits per heavy atom. The SMILES string of the molecule is CCc1ccc2oc(C(=O)NC[C@@H](C)Oc3ccc(Cl)cc3)cc(=O)c2c1. The van der Waals surface area contributed by atoms with Crippen LogP contribution in [0.4, 0.5) is 0 Å². The van der Waals surface area contributed by atoms with Gasteiger partial charge in [0.1, 0.15) is 17.4 Å². The standard InChI is InChI=1S/C21H20ClNO4/c1-3-14-4-9-19-17(10-14)18(24)11-20(27-19)21(25)23-12-13(2)26-16-7-5-15(22)6-8-16/h4-11,13H,3,12H2,1-2H3,(H,23,25)/t13-/m1/s1. The predicted octanol–water partition coefficient (Wildman–Crippen LogP) is 4.21. The van der Waals surface area contributed by atoms with Crippen molar-refractivity contribution in [3.8, 4) is 5.75 Å². The third-order valence-electron chi connectivity index (χ3n) is 4.12. The van der Waals surface area contributed by atoms with Gasteiger partial charge in [0.15, 0.2) is 11.2 Å². The van der Waals surface area contributed by atoms with Crippen LogP contribution in [0.1, 0.15) is 30.0 Å². The molecule has 0 radical (unpaired) electrons. The molecular weight excluding hydrogens is 366 g/mol. The zero-order valence-corrected chi connectivity index (χ0v) is 15.9. The molecule has 0 saturated heterocycles. The molecule has 0 saturated carbocycles. The summed E-state index contributed by atoms with van der Waals surface area (Å²) in [5, 5.41) is 3.82. The molecule has 2 aromatic carbocycles. The molecule has 0 aliphatic carbocycles. The first-order valence-corrected chi connectivity index (χ1v) is 9.11. The number of halogens is 1. The molecule has 0 bridgehead atoms. The van der Waals surface area contributed by atoms with Gasteiger partial charge >= 0.3 is 0 Å². The van der Waals surface area contributed by atoms with Crippen molar-refractivity contribution in [1.29, 1.82) is 0 Å². The van der Waals surface area contributed by atoms with Crippen LogP contribution >= 0.6 is 11.6 Å². The maximum atomic E-state index is 12.3. The quantitative estimate of drug-likeness (QED) is 0.690. The second kappa shape index (κ2) is 8.27. The van der Waals surface area contributed by atoms with Gasteiger partial charge < -0.3 is 14.5 Å². The first-order chi connectivity index (χ1) is 13.0. The number of carbonyl (C=O) groups is 1. The average Bonchev–Trinajstić information content (AvgIpc) is 2.67. The van der Waals surface area contributed by atoms with Gasteiger partial charge in [0.25, 0.3) is 5.91 Å². The summed E-state index contributed by atoms with van der Waals surface area (Å²) >= 11 is 5.84. The lowest BCUT2D eigenvalue weighted by Crippen LogP contribution is -2.33. The number of fused-ring (bicyclic) bond motifs is 1. The number of hydrogen-bond acceptors (Lipinski definition) is 4. The van der Waals surface area contributed by atoms with Crippen molar-refractivity contribution < 1.29 is 13.9 Å². The molecule has 6 heteroatoms. The summed E-state index contributed by atoms with van der Waals surface area (Å²) in [5.74, 6) is 0.181. The fraction of sp³-hybridized carbons (Fsp3) is 0.238. The minimum Gasteiger partial charge on any atom is -0.489 e. The summed E-state index contributed by atoms with van der Waals surface area (Å²) < 4.78 is 11.3. The average molecular weight is 386 g/mol. The van der Waals surface area contributed by atoms with E-state index in [9.17, 15) is 9.59 Å². The van der Waals surface area contributed by atoms with Crippen molar-refractivity contribution in [2.45, 2.75) is 26.4 Å². The zero-order chi connectivity index (χ0) is 19.4. The first-order valence-electron chi connectivity index (χ1n) is 8.73. The van der Waals surface area contributed by atoms with E-state index in [1.165, 1.54) is 6.07 Å². The highest BCUT2D eigenvalue weighted by atomic mass is 35.5. The van der Waals surface area contributed by atoms with Gasteiger partial charge in [0.2, 0.25) is 0 Å². The maximum absolute atomic E-state index is 12.3. The Balaban J connectivity index is 1.67. The Hall–Kier alpha value is -2.79. The third kappa shape index (κ3) is 4.68. The Bertz CT molecular complexity index is 1010. The fourth-order valence-corrected chi connectivity index (χ4v) is 2.77. The van der Waals surface area contributed by atoms with Gasteiger partial charge in [0, 0.05) is 11.1 Å². The Labute approximate surface area is 161 Å². The fourth-order valence-electron chi connectivity index (χ4n) is 2.65. The summed E-state index contributed by atoms with van der Waals surface area (Å²) in [6, 6.07) is 13.6. The van der Waals surface area contributed by atoms with E-state index in [1.54, 1.807) is 36.4 Å². The van der Waals surface area contributed by atoms with Crippen molar-refractivity contribution >= 4 is 28.5 Å². The molecule has 3 rings (SSSR count). The summed E-state index contributed by atoms with van der Waals surface area (Å²) in [6.07, 6.45) is 0.553. The van der Waals surface area contributed by atoms with Crippen LogP contribution in [0.5, 0.6) is 5.75 Å². The molecular formula is C21H20ClNO4. The molecule has 1 amide bonds. The highest BCUT2D eigenvalue weighted by Crippen LogP contribution is 2.17. The van der Waals surface area contributed by atoms with E-state index in [2.05, 4.69) is 5.32 Å². The normalized spacial score (nSPS) is 12.0. The first kappa shape index (κ1) is 19.0. The lowest BCUT2D eigenvalue weighted by Gasteiger charge is -2.15. The number of ether oxygens (including phenoxy) is 1. The third-order valence-corrected chi connectivity index (χ3v) is 4.38. The molecule has 0 aliphatic heterocycles. The van der Waals surface area contributed by atoms with Gasteiger partial charge in [-0.05, 0) is 55.3 Å². The van der Waals surface area contributed by atoms with Crippen LogP contribution in [0.15, 0.2) is 57.7 Å². The lowest BCUT2D eigenvalue weighted by atomic mass is 10.1. The molecule has 5 nitrogen and oxygen atoms in total. The molecule has 0 unspecified atom stereocenters. The number of rotatable bonds is 6. The monoisotopic (exact) mass is 385 g/mol. The van der Waals surface area contributed by atoms with Crippen molar-refractivity contribution in [1.82, 2.24) is 5.32 Å². The summed E-state index contributed by atoms with van der Waals surface area (Å²) in [7, 11) is 0. The molecule has 1 heterocycles.